The Morgan fingerprint density at radius 3 is 2.35 bits per heavy atom. The van der Waals surface area contributed by atoms with Crippen LogP contribution in [0.2, 0.25) is 0 Å². The van der Waals surface area contributed by atoms with Crippen LogP contribution in [0.25, 0.3) is 0 Å². The molecule has 5 nitrogen and oxygen atoms in total. The van der Waals surface area contributed by atoms with Gasteiger partial charge >= 0.3 is 0 Å². The SMILES string of the molecule is CC(=O)N(Cc1ccccc1)[C@H](C)C(=O)NCc1ccncc1. The molecule has 1 aromatic heterocycles. The van der Waals surface area contributed by atoms with E-state index in [9.17, 15) is 9.59 Å². The van der Waals surface area contributed by atoms with Crippen molar-refractivity contribution < 1.29 is 9.59 Å². The first-order valence-electron chi connectivity index (χ1n) is 7.55. The van der Waals surface area contributed by atoms with Gasteiger partial charge in [0.2, 0.25) is 11.8 Å². The van der Waals surface area contributed by atoms with Crippen LogP contribution in [0, 0.1) is 0 Å². The van der Waals surface area contributed by atoms with Crippen molar-refractivity contribution >= 4 is 11.8 Å². The predicted molar refractivity (Wildman–Crippen MR) is 88.2 cm³/mol. The number of nitrogens with one attached hydrogen (secondary N) is 1. The van der Waals surface area contributed by atoms with E-state index in [0.717, 1.165) is 11.1 Å². The van der Waals surface area contributed by atoms with Crippen LogP contribution in [-0.2, 0) is 22.7 Å². The van der Waals surface area contributed by atoms with E-state index >= 15 is 0 Å². The highest BCUT2D eigenvalue weighted by Crippen LogP contribution is 2.09. The Hall–Kier alpha value is -2.69. The minimum absolute atomic E-state index is 0.125. The molecule has 120 valence electrons. The molecule has 5 heteroatoms. The van der Waals surface area contributed by atoms with Crippen LogP contribution in [0.4, 0.5) is 0 Å². The van der Waals surface area contributed by atoms with Gasteiger partial charge in [-0.1, -0.05) is 30.3 Å². The molecular formula is C18H21N3O2. The number of rotatable bonds is 6. The first-order chi connectivity index (χ1) is 11.1. The van der Waals surface area contributed by atoms with Crippen molar-refractivity contribution in [3.63, 3.8) is 0 Å². The lowest BCUT2D eigenvalue weighted by atomic mass is 10.1. The number of benzene rings is 1. The second-order valence-electron chi connectivity index (χ2n) is 5.38. The van der Waals surface area contributed by atoms with Crippen LogP contribution < -0.4 is 5.32 Å². The van der Waals surface area contributed by atoms with E-state index in [4.69, 9.17) is 0 Å². The summed E-state index contributed by atoms with van der Waals surface area (Å²) in [4.78, 5) is 29.7. The highest BCUT2D eigenvalue weighted by atomic mass is 16.2. The van der Waals surface area contributed by atoms with Crippen LogP contribution in [0.3, 0.4) is 0 Å². The molecule has 0 aliphatic carbocycles. The Morgan fingerprint density at radius 1 is 1.09 bits per heavy atom. The van der Waals surface area contributed by atoms with Gasteiger partial charge in [-0.05, 0) is 30.2 Å². The monoisotopic (exact) mass is 311 g/mol. The first-order valence-corrected chi connectivity index (χ1v) is 7.55. The van der Waals surface area contributed by atoms with Crippen LogP contribution in [0.15, 0.2) is 54.9 Å². The molecule has 0 fully saturated rings. The zero-order valence-corrected chi connectivity index (χ0v) is 13.4. The van der Waals surface area contributed by atoms with Crippen LogP contribution >= 0.6 is 0 Å². The Bertz CT molecular complexity index is 644. The molecule has 23 heavy (non-hydrogen) atoms. The molecule has 0 aliphatic heterocycles. The summed E-state index contributed by atoms with van der Waals surface area (Å²) < 4.78 is 0. The summed E-state index contributed by atoms with van der Waals surface area (Å²) >= 11 is 0. The van der Waals surface area contributed by atoms with Crippen molar-refractivity contribution in [3.05, 3.63) is 66.0 Å². The lowest BCUT2D eigenvalue weighted by Gasteiger charge is -2.27. The van der Waals surface area contributed by atoms with Gasteiger partial charge in [0.1, 0.15) is 6.04 Å². The second kappa shape index (κ2) is 8.08. The fourth-order valence-corrected chi connectivity index (χ4v) is 2.28. The highest BCUT2D eigenvalue weighted by Gasteiger charge is 2.23. The number of carbonyl (C=O) groups is 2. The maximum atomic E-state index is 12.3. The molecule has 0 aliphatic rings. The third-order valence-electron chi connectivity index (χ3n) is 3.66. The number of nitrogens with zero attached hydrogens (tertiary/aromatic N) is 2. The van der Waals surface area contributed by atoms with Gasteiger partial charge < -0.3 is 10.2 Å². The fraction of sp³-hybridized carbons (Fsp3) is 0.278. The van der Waals surface area contributed by atoms with E-state index in [0.29, 0.717) is 13.1 Å². The normalized spacial score (nSPS) is 11.6. The molecule has 1 heterocycles. The molecule has 0 radical (unpaired) electrons. The Kier molecular flexibility index (Phi) is 5.86. The summed E-state index contributed by atoms with van der Waals surface area (Å²) in [5.41, 5.74) is 1.97. The third-order valence-corrected chi connectivity index (χ3v) is 3.66. The van der Waals surface area contributed by atoms with Crippen molar-refractivity contribution in [1.29, 1.82) is 0 Å². The topological polar surface area (TPSA) is 62.3 Å². The quantitative estimate of drug-likeness (QED) is 0.889. The molecule has 2 rings (SSSR count). The number of amides is 2. The van der Waals surface area contributed by atoms with Crippen molar-refractivity contribution in [2.75, 3.05) is 0 Å². The van der Waals surface area contributed by atoms with E-state index < -0.39 is 6.04 Å². The number of aromatic nitrogens is 1. The first kappa shape index (κ1) is 16.7. The average Bonchev–Trinajstić information content (AvgIpc) is 2.58. The van der Waals surface area contributed by atoms with Crippen molar-refractivity contribution in [2.24, 2.45) is 0 Å². The second-order valence-corrected chi connectivity index (χ2v) is 5.38. The van der Waals surface area contributed by atoms with Gasteiger partial charge in [-0.3, -0.25) is 14.6 Å². The van der Waals surface area contributed by atoms with Crippen LogP contribution in [0.1, 0.15) is 25.0 Å². The Balaban J connectivity index is 1.98. The molecule has 0 spiro atoms. The van der Waals surface area contributed by atoms with Crippen molar-refractivity contribution in [3.8, 4) is 0 Å². The Labute approximate surface area is 136 Å². The summed E-state index contributed by atoms with van der Waals surface area (Å²) in [6, 6.07) is 12.8. The third kappa shape index (κ3) is 4.92. The van der Waals surface area contributed by atoms with E-state index in [2.05, 4.69) is 10.3 Å². The van der Waals surface area contributed by atoms with Gasteiger partial charge in [-0.15, -0.1) is 0 Å². The van der Waals surface area contributed by atoms with E-state index in [1.165, 1.54) is 6.92 Å². The summed E-state index contributed by atoms with van der Waals surface area (Å²) in [5, 5.41) is 2.86. The minimum Gasteiger partial charge on any atom is -0.350 e. The summed E-state index contributed by atoms with van der Waals surface area (Å²) in [7, 11) is 0. The predicted octanol–water partition coefficient (Wildman–Crippen LogP) is 2.13. The average molecular weight is 311 g/mol. The summed E-state index contributed by atoms with van der Waals surface area (Å²) in [5.74, 6) is -0.298. The number of pyridine rings is 1. The van der Waals surface area contributed by atoms with Gasteiger partial charge in [-0.2, -0.15) is 0 Å². The van der Waals surface area contributed by atoms with E-state index in [1.54, 1.807) is 24.2 Å². The molecular weight excluding hydrogens is 290 g/mol. The van der Waals surface area contributed by atoms with Crippen molar-refractivity contribution in [1.82, 2.24) is 15.2 Å². The minimum atomic E-state index is -0.533. The van der Waals surface area contributed by atoms with E-state index in [-0.39, 0.29) is 11.8 Å². The number of carbonyl (C=O) groups excluding carboxylic acids is 2. The molecule has 0 bridgehead atoms. The smallest absolute Gasteiger partial charge is 0.242 e. The van der Waals surface area contributed by atoms with Crippen LogP contribution in [-0.4, -0.2) is 27.7 Å². The van der Waals surface area contributed by atoms with Crippen LogP contribution in [0.5, 0.6) is 0 Å². The molecule has 1 aromatic carbocycles. The zero-order chi connectivity index (χ0) is 16.7. The molecule has 1 atom stereocenters. The molecule has 1 N–H and O–H groups in total. The zero-order valence-electron chi connectivity index (χ0n) is 13.4. The maximum absolute atomic E-state index is 12.3. The molecule has 2 aromatic rings. The van der Waals surface area contributed by atoms with Gasteiger partial charge in [0.05, 0.1) is 0 Å². The molecule has 0 unspecified atom stereocenters. The molecule has 0 saturated heterocycles. The van der Waals surface area contributed by atoms with Gasteiger partial charge in [0.25, 0.3) is 0 Å². The van der Waals surface area contributed by atoms with E-state index in [1.807, 2.05) is 42.5 Å². The maximum Gasteiger partial charge on any atom is 0.242 e. The van der Waals surface area contributed by atoms with Gasteiger partial charge in [0, 0.05) is 32.4 Å². The highest BCUT2D eigenvalue weighted by molar-refractivity contribution is 5.86. The summed E-state index contributed by atoms with van der Waals surface area (Å²) in [6.07, 6.45) is 3.37. The number of hydrogen-bond donors (Lipinski definition) is 1. The standard InChI is InChI=1S/C18H21N3O2/c1-14(18(23)20-12-16-8-10-19-11-9-16)21(15(2)22)13-17-6-4-3-5-7-17/h3-11,14H,12-13H2,1-2H3,(H,20,23)/t14-/m1/s1. The molecule has 2 amide bonds. The van der Waals surface area contributed by atoms with Gasteiger partial charge in [0.15, 0.2) is 0 Å². The van der Waals surface area contributed by atoms with Gasteiger partial charge in [-0.25, -0.2) is 0 Å². The summed E-state index contributed by atoms with van der Waals surface area (Å²) in [6.45, 7) is 4.06. The molecule has 0 saturated carbocycles. The number of hydrogen-bond acceptors (Lipinski definition) is 3. The lowest BCUT2D eigenvalue weighted by molar-refractivity contribution is -0.139. The van der Waals surface area contributed by atoms with Crippen molar-refractivity contribution in [2.45, 2.75) is 33.0 Å². The fourth-order valence-electron chi connectivity index (χ4n) is 2.28. The lowest BCUT2D eigenvalue weighted by Crippen LogP contribution is -2.46. The Morgan fingerprint density at radius 2 is 1.74 bits per heavy atom. The largest absolute Gasteiger partial charge is 0.350 e.